The van der Waals surface area contributed by atoms with Crippen LogP contribution in [-0.2, 0) is 14.3 Å². The molecule has 3 aromatic rings. The molecule has 0 bridgehead atoms. The minimum absolute atomic E-state index is 0.142. The van der Waals surface area contributed by atoms with Crippen molar-refractivity contribution in [2.75, 3.05) is 38.4 Å². The molecule has 0 aliphatic rings. The van der Waals surface area contributed by atoms with E-state index in [0.717, 1.165) is 5.56 Å². The molecule has 0 saturated heterocycles. The van der Waals surface area contributed by atoms with Crippen molar-refractivity contribution >= 4 is 34.2 Å². The van der Waals surface area contributed by atoms with Gasteiger partial charge < -0.3 is 29.0 Å². The summed E-state index contributed by atoms with van der Waals surface area (Å²) in [4.78, 5) is 38.2. The van der Waals surface area contributed by atoms with Crippen LogP contribution in [0.25, 0.3) is 11.1 Å². The van der Waals surface area contributed by atoms with E-state index in [4.69, 9.17) is 23.7 Å². The lowest BCUT2D eigenvalue weighted by atomic mass is 10.0. The number of amides is 1. The molecule has 0 fully saturated rings. The van der Waals surface area contributed by atoms with Crippen LogP contribution in [0.5, 0.6) is 17.2 Å². The number of hydrogen-bond acceptors (Lipinski definition) is 9. The highest BCUT2D eigenvalue weighted by atomic mass is 32.1. The van der Waals surface area contributed by atoms with E-state index < -0.39 is 24.5 Å². The average molecular weight is 542 g/mol. The summed E-state index contributed by atoms with van der Waals surface area (Å²) in [5, 5.41) is 4.75. The van der Waals surface area contributed by atoms with Crippen molar-refractivity contribution in [2.45, 2.75) is 27.7 Å². The predicted octanol–water partition coefficient (Wildman–Crippen LogP) is 5.58. The van der Waals surface area contributed by atoms with E-state index in [1.807, 2.05) is 51.1 Å². The summed E-state index contributed by atoms with van der Waals surface area (Å²) in [5.41, 5.74) is 1.84. The third-order valence-electron chi connectivity index (χ3n) is 5.09. The molecule has 0 spiro atoms. The van der Waals surface area contributed by atoms with Crippen molar-refractivity contribution in [2.24, 2.45) is 0 Å². The molecule has 0 aliphatic carbocycles. The maximum Gasteiger partial charge on any atom is 0.341 e. The maximum absolute atomic E-state index is 12.8. The Kier molecular flexibility index (Phi) is 10.5. The number of carbonyl (C=O) groups is 3. The zero-order valence-electron chi connectivity index (χ0n) is 21.8. The number of thiophene rings is 1. The highest BCUT2D eigenvalue weighted by Crippen LogP contribution is 2.39. The molecule has 202 valence electrons. The summed E-state index contributed by atoms with van der Waals surface area (Å²) < 4.78 is 27.4. The summed E-state index contributed by atoms with van der Waals surface area (Å²) >= 11 is 1.18. The minimum atomic E-state index is -0.744. The molecule has 9 nitrogen and oxygen atoms in total. The summed E-state index contributed by atoms with van der Waals surface area (Å²) in [6, 6.07) is 12.3. The molecule has 0 saturated carbocycles. The van der Waals surface area contributed by atoms with Gasteiger partial charge in [0.2, 0.25) is 5.75 Å². The Morgan fingerprint density at radius 3 is 2.00 bits per heavy atom. The van der Waals surface area contributed by atoms with Gasteiger partial charge in [-0.3, -0.25) is 4.79 Å². The normalized spacial score (nSPS) is 10.4. The van der Waals surface area contributed by atoms with Gasteiger partial charge in [0, 0.05) is 10.9 Å². The largest absolute Gasteiger partial charge is 0.490 e. The number of hydrogen-bond donors (Lipinski definition) is 1. The highest BCUT2D eigenvalue weighted by Gasteiger charge is 2.24. The molecule has 0 radical (unpaired) electrons. The average Bonchev–Trinajstić information content (AvgIpc) is 3.33. The minimum Gasteiger partial charge on any atom is -0.490 e. The molecule has 1 aromatic heterocycles. The molecule has 0 unspecified atom stereocenters. The lowest BCUT2D eigenvalue weighted by Gasteiger charge is -2.16. The van der Waals surface area contributed by atoms with Crippen LogP contribution in [0.4, 0.5) is 5.00 Å². The van der Waals surface area contributed by atoms with Crippen molar-refractivity contribution < 1.29 is 38.1 Å². The van der Waals surface area contributed by atoms with Crippen LogP contribution in [0.15, 0.2) is 47.8 Å². The van der Waals surface area contributed by atoms with E-state index in [-0.39, 0.29) is 17.7 Å². The van der Waals surface area contributed by atoms with Gasteiger partial charge in [0.1, 0.15) is 10.6 Å². The van der Waals surface area contributed by atoms with E-state index in [2.05, 4.69) is 5.32 Å². The van der Waals surface area contributed by atoms with Gasteiger partial charge in [-0.05, 0) is 45.4 Å². The second-order valence-corrected chi connectivity index (χ2v) is 8.54. The second kappa shape index (κ2) is 14.0. The Bertz CT molecular complexity index is 1230. The summed E-state index contributed by atoms with van der Waals surface area (Å²) in [7, 11) is 0. The first kappa shape index (κ1) is 28.5. The number of ether oxygens (including phenoxy) is 5. The number of rotatable bonds is 13. The van der Waals surface area contributed by atoms with Crippen LogP contribution in [-0.4, -0.2) is 50.9 Å². The van der Waals surface area contributed by atoms with E-state index in [0.29, 0.717) is 47.6 Å². The van der Waals surface area contributed by atoms with Gasteiger partial charge in [-0.25, -0.2) is 9.59 Å². The molecular weight excluding hydrogens is 510 g/mol. The number of nitrogens with one attached hydrogen (secondary N) is 1. The Balaban J connectivity index is 1.77. The topological polar surface area (TPSA) is 109 Å². The molecular formula is C28H31NO8S. The lowest BCUT2D eigenvalue weighted by Crippen LogP contribution is -2.22. The molecule has 1 amide bonds. The van der Waals surface area contributed by atoms with E-state index >= 15 is 0 Å². The maximum atomic E-state index is 12.8. The Morgan fingerprint density at radius 1 is 0.789 bits per heavy atom. The van der Waals surface area contributed by atoms with E-state index in [9.17, 15) is 14.4 Å². The molecule has 1 N–H and O–H groups in total. The van der Waals surface area contributed by atoms with Gasteiger partial charge in [-0.1, -0.05) is 30.3 Å². The molecule has 2 aromatic carbocycles. The quantitative estimate of drug-likeness (QED) is 0.279. The summed E-state index contributed by atoms with van der Waals surface area (Å²) in [5.74, 6) is -0.839. The summed E-state index contributed by atoms with van der Waals surface area (Å²) in [6.07, 6.45) is 0. The van der Waals surface area contributed by atoms with Crippen LogP contribution in [0, 0.1) is 0 Å². The Morgan fingerprint density at radius 2 is 1.42 bits per heavy atom. The van der Waals surface area contributed by atoms with Gasteiger partial charge >= 0.3 is 11.9 Å². The van der Waals surface area contributed by atoms with Gasteiger partial charge in [0.25, 0.3) is 5.91 Å². The van der Waals surface area contributed by atoms with Gasteiger partial charge in [0.15, 0.2) is 18.1 Å². The first-order valence-corrected chi connectivity index (χ1v) is 13.2. The fraction of sp³-hybridized carbons (Fsp3) is 0.321. The predicted molar refractivity (Wildman–Crippen MR) is 145 cm³/mol. The summed E-state index contributed by atoms with van der Waals surface area (Å²) in [6.45, 7) is 7.85. The van der Waals surface area contributed by atoms with Crippen molar-refractivity contribution in [1.82, 2.24) is 0 Å². The zero-order chi connectivity index (χ0) is 27.5. The van der Waals surface area contributed by atoms with Crippen molar-refractivity contribution in [3.8, 4) is 28.4 Å². The molecule has 38 heavy (non-hydrogen) atoms. The first-order chi connectivity index (χ1) is 18.4. The van der Waals surface area contributed by atoms with E-state index in [1.165, 1.54) is 23.5 Å². The highest BCUT2D eigenvalue weighted by molar-refractivity contribution is 7.15. The van der Waals surface area contributed by atoms with Crippen LogP contribution >= 0.6 is 11.3 Å². The van der Waals surface area contributed by atoms with Crippen molar-refractivity contribution in [1.29, 1.82) is 0 Å². The Hall–Kier alpha value is -4.05. The van der Waals surface area contributed by atoms with Gasteiger partial charge in [0.05, 0.1) is 32.0 Å². The van der Waals surface area contributed by atoms with Crippen LogP contribution < -0.4 is 19.5 Å². The zero-order valence-corrected chi connectivity index (χ0v) is 22.6. The number of anilines is 1. The third kappa shape index (κ3) is 7.04. The SMILES string of the molecule is CCOC(=O)c1c(-c2ccccc2)csc1NC(=O)COC(=O)c1cc(OCC)c(OCC)c(OCC)c1. The van der Waals surface area contributed by atoms with Crippen molar-refractivity contribution in [3.63, 3.8) is 0 Å². The van der Waals surface area contributed by atoms with Crippen molar-refractivity contribution in [3.05, 3.63) is 59.0 Å². The monoisotopic (exact) mass is 541 g/mol. The third-order valence-corrected chi connectivity index (χ3v) is 5.98. The standard InChI is InChI=1S/C28H31NO8S/c1-5-33-21-14-19(15-22(34-6-2)25(21)35-7-3)27(31)37-16-23(30)29-26-24(28(32)36-8-4)20(17-38-26)18-12-10-9-11-13-18/h9-15,17H,5-8,16H2,1-4H3,(H,29,30). The number of carbonyl (C=O) groups excluding carboxylic acids is 3. The van der Waals surface area contributed by atoms with E-state index in [1.54, 1.807) is 12.3 Å². The number of esters is 2. The van der Waals surface area contributed by atoms with Crippen LogP contribution in [0.3, 0.4) is 0 Å². The lowest BCUT2D eigenvalue weighted by molar-refractivity contribution is -0.119. The number of benzene rings is 2. The molecule has 3 rings (SSSR count). The fourth-order valence-electron chi connectivity index (χ4n) is 3.57. The smallest absolute Gasteiger partial charge is 0.341 e. The molecule has 0 aliphatic heterocycles. The van der Waals surface area contributed by atoms with Gasteiger partial charge in [-0.15, -0.1) is 11.3 Å². The Labute approximate surface area is 225 Å². The van der Waals surface area contributed by atoms with Crippen LogP contribution in [0.1, 0.15) is 48.4 Å². The molecule has 10 heteroatoms. The second-order valence-electron chi connectivity index (χ2n) is 7.66. The van der Waals surface area contributed by atoms with Crippen LogP contribution in [0.2, 0.25) is 0 Å². The first-order valence-electron chi connectivity index (χ1n) is 12.3. The molecule has 1 heterocycles. The van der Waals surface area contributed by atoms with Gasteiger partial charge in [-0.2, -0.15) is 0 Å². The fourth-order valence-corrected chi connectivity index (χ4v) is 4.54. The molecule has 0 atom stereocenters.